The number of methoxy groups -OCH3 is 1. The second-order valence-corrected chi connectivity index (χ2v) is 4.52. The number of furan rings is 1. The monoisotopic (exact) mass is 263 g/mol. The molecule has 1 heterocycles. The second-order valence-electron chi connectivity index (χ2n) is 4.52. The maximum Gasteiger partial charge on any atom is 0.165 e. The fourth-order valence-corrected chi connectivity index (χ4v) is 2.04. The lowest BCUT2D eigenvalue weighted by atomic mass is 10.1. The van der Waals surface area contributed by atoms with Crippen LogP contribution in [0, 0.1) is 5.82 Å². The summed E-state index contributed by atoms with van der Waals surface area (Å²) in [6, 6.07) is 8.83. The minimum atomic E-state index is -0.348. The number of hydrogen-bond donors (Lipinski definition) is 1. The highest BCUT2D eigenvalue weighted by atomic mass is 19.1. The summed E-state index contributed by atoms with van der Waals surface area (Å²) in [7, 11) is 1.46. The predicted molar refractivity (Wildman–Crippen MR) is 71.6 cm³/mol. The Morgan fingerprint density at radius 2 is 2.00 bits per heavy atom. The standard InChI is InChI=1S/C15H18FNO2/c1-10(17-11(2)14-5-4-8-19-14)12-6-7-15(18-3)13(16)9-12/h4-11,17H,1-3H3. The fourth-order valence-electron chi connectivity index (χ4n) is 2.04. The molecule has 2 unspecified atom stereocenters. The molecule has 0 spiro atoms. The van der Waals surface area contributed by atoms with Crippen molar-refractivity contribution in [1.29, 1.82) is 0 Å². The molecule has 1 N–H and O–H groups in total. The van der Waals surface area contributed by atoms with Crippen molar-refractivity contribution in [3.63, 3.8) is 0 Å². The van der Waals surface area contributed by atoms with E-state index >= 15 is 0 Å². The molecule has 1 aromatic carbocycles. The molecule has 0 bridgehead atoms. The summed E-state index contributed by atoms with van der Waals surface area (Å²) in [5.41, 5.74) is 0.872. The van der Waals surface area contributed by atoms with Crippen LogP contribution in [0.15, 0.2) is 41.0 Å². The molecular weight excluding hydrogens is 245 g/mol. The lowest BCUT2D eigenvalue weighted by molar-refractivity contribution is 0.383. The van der Waals surface area contributed by atoms with Crippen molar-refractivity contribution in [2.75, 3.05) is 7.11 Å². The number of hydrogen-bond acceptors (Lipinski definition) is 3. The van der Waals surface area contributed by atoms with Crippen LogP contribution in [0.1, 0.15) is 37.3 Å². The van der Waals surface area contributed by atoms with Crippen molar-refractivity contribution in [2.45, 2.75) is 25.9 Å². The Bertz CT molecular complexity index is 525. The molecule has 0 aliphatic carbocycles. The maximum absolute atomic E-state index is 13.7. The van der Waals surface area contributed by atoms with Gasteiger partial charge in [-0.3, -0.25) is 0 Å². The molecule has 0 fully saturated rings. The van der Waals surface area contributed by atoms with Crippen molar-refractivity contribution in [3.8, 4) is 5.75 Å². The zero-order valence-corrected chi connectivity index (χ0v) is 11.3. The molecule has 1 aromatic heterocycles. The lowest BCUT2D eigenvalue weighted by Crippen LogP contribution is -2.22. The molecule has 102 valence electrons. The predicted octanol–water partition coefficient (Wildman–Crippen LogP) is 3.84. The van der Waals surface area contributed by atoms with Gasteiger partial charge in [-0.1, -0.05) is 6.07 Å². The summed E-state index contributed by atoms with van der Waals surface area (Å²) in [5.74, 6) is 0.773. The van der Waals surface area contributed by atoms with Crippen LogP contribution in [0.3, 0.4) is 0 Å². The van der Waals surface area contributed by atoms with E-state index in [9.17, 15) is 4.39 Å². The largest absolute Gasteiger partial charge is 0.494 e. The normalized spacial score (nSPS) is 14.1. The van der Waals surface area contributed by atoms with Crippen LogP contribution in [0.4, 0.5) is 4.39 Å². The first-order valence-electron chi connectivity index (χ1n) is 6.24. The average Bonchev–Trinajstić information content (AvgIpc) is 2.92. The van der Waals surface area contributed by atoms with E-state index < -0.39 is 0 Å². The smallest absolute Gasteiger partial charge is 0.165 e. The fraction of sp³-hybridized carbons (Fsp3) is 0.333. The SMILES string of the molecule is COc1ccc(C(C)NC(C)c2ccco2)cc1F. The van der Waals surface area contributed by atoms with Crippen LogP contribution in [-0.2, 0) is 0 Å². The Kier molecular flexibility index (Phi) is 4.22. The number of rotatable bonds is 5. The van der Waals surface area contributed by atoms with E-state index in [-0.39, 0.29) is 23.7 Å². The Morgan fingerprint density at radius 3 is 2.58 bits per heavy atom. The van der Waals surface area contributed by atoms with Gasteiger partial charge in [-0.2, -0.15) is 0 Å². The van der Waals surface area contributed by atoms with Gasteiger partial charge in [0.2, 0.25) is 0 Å². The highest BCUT2D eigenvalue weighted by molar-refractivity contribution is 5.30. The molecule has 0 aliphatic rings. The van der Waals surface area contributed by atoms with Crippen LogP contribution >= 0.6 is 0 Å². The summed E-state index contributed by atoms with van der Waals surface area (Å²) in [6.07, 6.45) is 1.64. The van der Waals surface area contributed by atoms with Crippen LogP contribution in [0.25, 0.3) is 0 Å². The first-order chi connectivity index (χ1) is 9.11. The van der Waals surface area contributed by atoms with Gasteiger partial charge >= 0.3 is 0 Å². The molecule has 4 heteroatoms. The maximum atomic E-state index is 13.7. The number of ether oxygens (including phenoxy) is 1. The number of benzene rings is 1. The molecule has 0 radical (unpaired) electrons. The van der Waals surface area contributed by atoms with Crippen LogP contribution in [-0.4, -0.2) is 7.11 Å². The Hall–Kier alpha value is -1.81. The topological polar surface area (TPSA) is 34.4 Å². The quantitative estimate of drug-likeness (QED) is 0.890. The first kappa shape index (κ1) is 13.6. The molecule has 0 aliphatic heterocycles. The van der Waals surface area contributed by atoms with Crippen molar-refractivity contribution < 1.29 is 13.5 Å². The lowest BCUT2D eigenvalue weighted by Gasteiger charge is -2.19. The number of nitrogens with one attached hydrogen (secondary N) is 1. The van der Waals surface area contributed by atoms with Crippen LogP contribution in [0.5, 0.6) is 5.75 Å². The van der Waals surface area contributed by atoms with Crippen molar-refractivity contribution in [3.05, 3.63) is 53.7 Å². The van der Waals surface area contributed by atoms with Gasteiger partial charge in [0, 0.05) is 6.04 Å². The van der Waals surface area contributed by atoms with Gasteiger partial charge in [0.1, 0.15) is 5.76 Å². The highest BCUT2D eigenvalue weighted by Gasteiger charge is 2.14. The zero-order chi connectivity index (χ0) is 13.8. The summed E-state index contributed by atoms with van der Waals surface area (Å²) < 4.78 is 23.9. The molecule has 0 amide bonds. The van der Waals surface area contributed by atoms with Gasteiger partial charge in [0.05, 0.1) is 19.4 Å². The molecule has 19 heavy (non-hydrogen) atoms. The summed E-state index contributed by atoms with van der Waals surface area (Å²) in [5, 5.41) is 3.36. The molecule has 3 nitrogen and oxygen atoms in total. The first-order valence-corrected chi connectivity index (χ1v) is 6.24. The Labute approximate surface area is 112 Å². The van der Waals surface area contributed by atoms with E-state index in [0.717, 1.165) is 11.3 Å². The van der Waals surface area contributed by atoms with Crippen molar-refractivity contribution in [2.24, 2.45) is 0 Å². The zero-order valence-electron chi connectivity index (χ0n) is 11.3. The minimum absolute atomic E-state index is 0.0144. The summed E-state index contributed by atoms with van der Waals surface area (Å²) >= 11 is 0. The summed E-state index contributed by atoms with van der Waals surface area (Å²) in [6.45, 7) is 4.00. The molecule has 2 aromatic rings. The van der Waals surface area contributed by atoms with Crippen LogP contribution in [0.2, 0.25) is 0 Å². The third kappa shape index (κ3) is 3.15. The van der Waals surface area contributed by atoms with E-state index in [1.54, 1.807) is 12.3 Å². The number of halogens is 1. The third-order valence-corrected chi connectivity index (χ3v) is 3.15. The van der Waals surface area contributed by atoms with Gasteiger partial charge in [-0.25, -0.2) is 4.39 Å². The minimum Gasteiger partial charge on any atom is -0.494 e. The van der Waals surface area contributed by atoms with Crippen LogP contribution < -0.4 is 10.1 Å². The Morgan fingerprint density at radius 1 is 1.21 bits per heavy atom. The van der Waals surface area contributed by atoms with Crippen molar-refractivity contribution >= 4 is 0 Å². The van der Waals surface area contributed by atoms with Gasteiger partial charge < -0.3 is 14.5 Å². The van der Waals surface area contributed by atoms with Gasteiger partial charge in [0.25, 0.3) is 0 Å². The van der Waals surface area contributed by atoms with Gasteiger partial charge in [-0.15, -0.1) is 0 Å². The molecule has 2 atom stereocenters. The third-order valence-electron chi connectivity index (χ3n) is 3.15. The van der Waals surface area contributed by atoms with Crippen molar-refractivity contribution in [1.82, 2.24) is 5.32 Å². The van der Waals surface area contributed by atoms with Gasteiger partial charge in [0.15, 0.2) is 11.6 Å². The van der Waals surface area contributed by atoms with E-state index in [2.05, 4.69) is 5.32 Å². The second kappa shape index (κ2) is 5.89. The van der Waals surface area contributed by atoms with E-state index in [0.29, 0.717) is 0 Å². The Balaban J connectivity index is 2.07. The molecular formula is C15H18FNO2. The van der Waals surface area contributed by atoms with E-state index in [1.165, 1.54) is 13.2 Å². The summed E-state index contributed by atoms with van der Waals surface area (Å²) in [4.78, 5) is 0. The van der Waals surface area contributed by atoms with E-state index in [4.69, 9.17) is 9.15 Å². The molecule has 2 rings (SSSR count). The highest BCUT2D eigenvalue weighted by Crippen LogP contribution is 2.24. The molecule has 0 saturated carbocycles. The van der Waals surface area contributed by atoms with Gasteiger partial charge in [-0.05, 0) is 43.7 Å². The average molecular weight is 263 g/mol. The van der Waals surface area contributed by atoms with E-state index in [1.807, 2.05) is 32.0 Å². The molecule has 0 saturated heterocycles.